The predicted molar refractivity (Wildman–Crippen MR) is 78.4 cm³/mol. The molecule has 5 heteroatoms. The van der Waals surface area contributed by atoms with Crippen molar-refractivity contribution in [2.24, 2.45) is 5.92 Å². The lowest BCUT2D eigenvalue weighted by atomic mass is 9.79. The Morgan fingerprint density at radius 3 is 2.82 bits per heavy atom. The minimum Gasteiger partial charge on any atom is -0.378 e. The van der Waals surface area contributed by atoms with Crippen molar-refractivity contribution in [3.05, 3.63) is 19.8 Å². The van der Waals surface area contributed by atoms with E-state index in [2.05, 4.69) is 15.9 Å². The molecule has 1 aliphatic carbocycles. The number of halogens is 3. The van der Waals surface area contributed by atoms with Crippen molar-refractivity contribution in [3.63, 3.8) is 0 Å². The second-order valence-electron chi connectivity index (χ2n) is 4.39. The maximum atomic E-state index is 6.41. The number of alkyl halides is 1. The molecule has 1 nitrogen and oxygen atoms in total. The van der Waals surface area contributed by atoms with Gasteiger partial charge >= 0.3 is 0 Å². The van der Waals surface area contributed by atoms with Gasteiger partial charge in [-0.3, -0.25) is 0 Å². The van der Waals surface area contributed by atoms with Crippen molar-refractivity contribution in [1.82, 2.24) is 0 Å². The molecule has 1 atom stereocenters. The van der Waals surface area contributed by atoms with Crippen LogP contribution in [0.25, 0.3) is 0 Å². The molecule has 1 unspecified atom stereocenters. The number of hydrogen-bond donors (Lipinski definition) is 0. The number of hydrogen-bond acceptors (Lipinski definition) is 2. The van der Waals surface area contributed by atoms with Crippen LogP contribution in [0.1, 0.15) is 36.4 Å². The molecule has 0 aliphatic heterocycles. The number of rotatable bonds is 5. The van der Waals surface area contributed by atoms with Crippen LogP contribution in [0.15, 0.2) is 9.85 Å². The van der Waals surface area contributed by atoms with Gasteiger partial charge in [-0.2, -0.15) is 0 Å². The van der Waals surface area contributed by atoms with Crippen molar-refractivity contribution < 1.29 is 4.74 Å². The highest BCUT2D eigenvalue weighted by atomic mass is 79.9. The Morgan fingerprint density at radius 2 is 2.29 bits per heavy atom. The molecule has 2 rings (SSSR count). The van der Waals surface area contributed by atoms with Crippen molar-refractivity contribution in [1.29, 1.82) is 0 Å². The van der Waals surface area contributed by atoms with Gasteiger partial charge in [0.15, 0.2) is 0 Å². The lowest BCUT2D eigenvalue weighted by molar-refractivity contribution is -0.0266. The minimum absolute atomic E-state index is 0.0800. The van der Waals surface area contributed by atoms with Crippen LogP contribution in [0, 0.1) is 5.92 Å². The second kappa shape index (κ2) is 6.25. The van der Waals surface area contributed by atoms with Crippen LogP contribution in [-0.2, 0) is 4.74 Å². The quantitative estimate of drug-likeness (QED) is 0.618. The zero-order valence-corrected chi connectivity index (χ0v) is 13.5. The van der Waals surface area contributed by atoms with Gasteiger partial charge in [-0.15, -0.1) is 22.9 Å². The van der Waals surface area contributed by atoms with Gasteiger partial charge in [-0.05, 0) is 54.1 Å². The summed E-state index contributed by atoms with van der Waals surface area (Å²) in [6.45, 7) is 2.86. The molecule has 96 valence electrons. The summed E-state index contributed by atoms with van der Waals surface area (Å²) in [5.41, 5.74) is 0. The SMILES string of the molecule is CCOC1CC(CC(Cl)c2cc(Cl)c(Br)s2)C1. The van der Waals surface area contributed by atoms with Crippen LogP contribution in [0.4, 0.5) is 0 Å². The topological polar surface area (TPSA) is 9.23 Å². The summed E-state index contributed by atoms with van der Waals surface area (Å²) in [5.74, 6) is 0.703. The third kappa shape index (κ3) is 3.60. The van der Waals surface area contributed by atoms with Crippen LogP contribution >= 0.6 is 50.5 Å². The summed E-state index contributed by atoms with van der Waals surface area (Å²) in [6.07, 6.45) is 3.79. The Bertz CT molecular complexity index is 357. The molecule has 1 saturated carbocycles. The highest BCUT2D eigenvalue weighted by Crippen LogP contribution is 2.43. The van der Waals surface area contributed by atoms with Crippen LogP contribution in [-0.4, -0.2) is 12.7 Å². The molecule has 1 aromatic heterocycles. The molecule has 0 spiro atoms. The Morgan fingerprint density at radius 1 is 1.59 bits per heavy atom. The molecule has 17 heavy (non-hydrogen) atoms. The molecular weight excluding hydrogens is 343 g/mol. The standard InChI is InChI=1S/C12H15BrCl2OS/c1-2-16-8-3-7(4-8)5-9(14)11-6-10(15)12(13)17-11/h6-9H,2-5H2,1H3. The van der Waals surface area contributed by atoms with Crippen LogP contribution in [0.5, 0.6) is 0 Å². The van der Waals surface area contributed by atoms with E-state index in [4.69, 9.17) is 27.9 Å². The maximum absolute atomic E-state index is 6.41. The van der Waals surface area contributed by atoms with Crippen LogP contribution in [0.2, 0.25) is 5.02 Å². The summed E-state index contributed by atoms with van der Waals surface area (Å²) in [6, 6.07) is 1.96. The van der Waals surface area contributed by atoms with E-state index in [1.165, 1.54) is 0 Å². The Labute approximate surface area is 125 Å². The van der Waals surface area contributed by atoms with E-state index < -0.39 is 0 Å². The van der Waals surface area contributed by atoms with Crippen molar-refractivity contribution >= 4 is 50.5 Å². The maximum Gasteiger partial charge on any atom is 0.0887 e. The molecule has 1 heterocycles. The van der Waals surface area contributed by atoms with Gasteiger partial charge in [0, 0.05) is 11.5 Å². The van der Waals surface area contributed by atoms with E-state index in [0.29, 0.717) is 12.0 Å². The summed E-state index contributed by atoms with van der Waals surface area (Å²) in [7, 11) is 0. The van der Waals surface area contributed by atoms with Crippen molar-refractivity contribution in [2.75, 3.05) is 6.61 Å². The first kappa shape index (κ1) is 14.1. The van der Waals surface area contributed by atoms with Gasteiger partial charge in [0.1, 0.15) is 0 Å². The van der Waals surface area contributed by atoms with E-state index in [0.717, 1.165) is 39.6 Å². The van der Waals surface area contributed by atoms with Gasteiger partial charge in [0.25, 0.3) is 0 Å². The van der Waals surface area contributed by atoms with Gasteiger partial charge in [0.05, 0.1) is 20.3 Å². The first-order valence-corrected chi connectivity index (χ1v) is 8.23. The first-order chi connectivity index (χ1) is 8.10. The smallest absolute Gasteiger partial charge is 0.0887 e. The average molecular weight is 358 g/mol. The van der Waals surface area contributed by atoms with Crippen molar-refractivity contribution in [2.45, 2.75) is 37.7 Å². The summed E-state index contributed by atoms with van der Waals surface area (Å²) >= 11 is 17.5. The molecule has 1 aromatic rings. The molecule has 0 aromatic carbocycles. The molecule has 0 saturated heterocycles. The molecule has 0 N–H and O–H groups in total. The molecule has 1 aliphatic rings. The van der Waals surface area contributed by atoms with Gasteiger partial charge < -0.3 is 4.74 Å². The summed E-state index contributed by atoms with van der Waals surface area (Å²) in [5, 5.41) is 0.841. The molecule has 1 fully saturated rings. The lowest BCUT2D eigenvalue weighted by Gasteiger charge is -2.35. The largest absolute Gasteiger partial charge is 0.378 e. The highest BCUT2D eigenvalue weighted by molar-refractivity contribution is 9.11. The third-order valence-electron chi connectivity index (χ3n) is 3.11. The van der Waals surface area contributed by atoms with E-state index in [1.54, 1.807) is 11.3 Å². The minimum atomic E-state index is 0.0800. The molecular formula is C12H15BrCl2OS. The average Bonchev–Trinajstić information content (AvgIpc) is 2.56. The Hall–Kier alpha value is 0.720. The monoisotopic (exact) mass is 356 g/mol. The van der Waals surface area contributed by atoms with E-state index in [1.807, 2.05) is 13.0 Å². The van der Waals surface area contributed by atoms with Gasteiger partial charge in [0.2, 0.25) is 0 Å². The van der Waals surface area contributed by atoms with Gasteiger partial charge in [-0.1, -0.05) is 11.6 Å². The van der Waals surface area contributed by atoms with Crippen molar-refractivity contribution in [3.8, 4) is 0 Å². The lowest BCUT2D eigenvalue weighted by Crippen LogP contribution is -2.31. The van der Waals surface area contributed by atoms with E-state index >= 15 is 0 Å². The molecule has 0 bridgehead atoms. The van der Waals surface area contributed by atoms with Crippen LogP contribution < -0.4 is 0 Å². The summed E-state index contributed by atoms with van der Waals surface area (Å²) < 4.78 is 6.52. The predicted octanol–water partition coefficient (Wildman–Crippen LogP) is 5.65. The normalized spacial score (nSPS) is 25.6. The zero-order chi connectivity index (χ0) is 12.4. The Balaban J connectivity index is 1.80. The zero-order valence-electron chi connectivity index (χ0n) is 9.59. The fraction of sp³-hybridized carbons (Fsp3) is 0.667. The summed E-state index contributed by atoms with van der Waals surface area (Å²) in [4.78, 5) is 1.16. The van der Waals surface area contributed by atoms with E-state index in [9.17, 15) is 0 Å². The first-order valence-electron chi connectivity index (χ1n) is 5.80. The fourth-order valence-electron chi connectivity index (χ4n) is 2.17. The fourth-order valence-corrected chi connectivity index (χ4v) is 4.35. The van der Waals surface area contributed by atoms with E-state index in [-0.39, 0.29) is 5.38 Å². The molecule has 0 amide bonds. The van der Waals surface area contributed by atoms with Crippen LogP contribution in [0.3, 0.4) is 0 Å². The van der Waals surface area contributed by atoms with Gasteiger partial charge in [-0.25, -0.2) is 0 Å². The Kier molecular flexibility index (Phi) is 5.19. The number of ether oxygens (including phenoxy) is 1. The highest BCUT2D eigenvalue weighted by Gasteiger charge is 2.31. The third-order valence-corrected chi connectivity index (χ3v) is 6.24. The molecule has 0 radical (unpaired) electrons. The number of thiophene rings is 1. The second-order valence-corrected chi connectivity index (χ2v) is 7.72.